The minimum absolute atomic E-state index is 0.0335. The van der Waals surface area contributed by atoms with Crippen LogP contribution in [0.25, 0.3) is 0 Å². The van der Waals surface area contributed by atoms with Gasteiger partial charge in [-0.25, -0.2) is 4.98 Å². The van der Waals surface area contributed by atoms with Gasteiger partial charge in [-0.15, -0.1) is 11.3 Å². The summed E-state index contributed by atoms with van der Waals surface area (Å²) in [5, 5.41) is 5.51. The Morgan fingerprint density at radius 2 is 2.07 bits per heavy atom. The summed E-state index contributed by atoms with van der Waals surface area (Å²) in [6.07, 6.45) is 2.33. The summed E-state index contributed by atoms with van der Waals surface area (Å²) in [7, 11) is 0. The van der Waals surface area contributed by atoms with Gasteiger partial charge in [0.25, 0.3) is 5.91 Å². The molecule has 0 aromatic carbocycles. The van der Waals surface area contributed by atoms with Gasteiger partial charge >= 0.3 is 0 Å². The van der Waals surface area contributed by atoms with Gasteiger partial charge in [0.1, 0.15) is 0 Å². The van der Waals surface area contributed by atoms with Crippen molar-refractivity contribution in [1.82, 2.24) is 14.8 Å². The fourth-order valence-corrected chi connectivity index (χ4v) is 3.88. The molecule has 8 heteroatoms. The van der Waals surface area contributed by atoms with E-state index in [-0.39, 0.29) is 17.2 Å². The van der Waals surface area contributed by atoms with Gasteiger partial charge in [-0.05, 0) is 18.6 Å². The quantitative estimate of drug-likeness (QED) is 0.868. The lowest BCUT2D eigenvalue weighted by atomic mass is 9.93. The Bertz CT molecular complexity index is 779. The van der Waals surface area contributed by atoms with Gasteiger partial charge < -0.3 is 14.6 Å². The third kappa shape index (κ3) is 5.17. The van der Waals surface area contributed by atoms with Crippen molar-refractivity contribution in [1.29, 1.82) is 0 Å². The summed E-state index contributed by atoms with van der Waals surface area (Å²) in [5.74, 6) is 0.194. The lowest BCUT2D eigenvalue weighted by Gasteiger charge is -2.20. The molecule has 1 aliphatic heterocycles. The molecule has 0 unspecified atom stereocenters. The fourth-order valence-electron chi connectivity index (χ4n) is 2.93. The number of carbonyl (C=O) groups is 2. The number of aromatic nitrogens is 1. The predicted octanol–water partition coefficient (Wildman–Crippen LogP) is 2.82. The van der Waals surface area contributed by atoms with Crippen molar-refractivity contribution in [3.05, 3.63) is 35.2 Å². The van der Waals surface area contributed by atoms with Crippen molar-refractivity contribution >= 4 is 28.3 Å². The first-order chi connectivity index (χ1) is 12.8. The van der Waals surface area contributed by atoms with E-state index >= 15 is 0 Å². The maximum absolute atomic E-state index is 12.4. The number of rotatable bonds is 4. The molecule has 0 bridgehead atoms. The molecule has 0 atom stereocenters. The molecule has 0 aliphatic carbocycles. The zero-order valence-electron chi connectivity index (χ0n) is 16.0. The van der Waals surface area contributed by atoms with E-state index in [4.69, 9.17) is 4.42 Å². The molecule has 3 rings (SSSR count). The van der Waals surface area contributed by atoms with Crippen molar-refractivity contribution in [3.63, 3.8) is 0 Å². The van der Waals surface area contributed by atoms with Crippen molar-refractivity contribution < 1.29 is 14.0 Å². The molecule has 0 radical (unpaired) electrons. The van der Waals surface area contributed by atoms with Crippen LogP contribution in [0.15, 0.2) is 28.2 Å². The number of nitrogens with one attached hydrogen (secondary N) is 1. The molecule has 27 heavy (non-hydrogen) atoms. The summed E-state index contributed by atoms with van der Waals surface area (Å²) in [6.45, 7) is 9.28. The van der Waals surface area contributed by atoms with Gasteiger partial charge in [0.05, 0.1) is 18.5 Å². The second kappa shape index (κ2) is 8.22. The number of amides is 2. The van der Waals surface area contributed by atoms with Crippen LogP contribution in [-0.4, -0.2) is 59.3 Å². The number of anilines is 1. The molecule has 3 heterocycles. The largest absolute Gasteiger partial charge is 0.459 e. The molecule has 7 nitrogen and oxygen atoms in total. The summed E-state index contributed by atoms with van der Waals surface area (Å²) in [4.78, 5) is 33.1. The molecule has 1 fully saturated rings. The van der Waals surface area contributed by atoms with E-state index in [2.05, 4.69) is 36.0 Å². The first kappa shape index (κ1) is 19.6. The van der Waals surface area contributed by atoms with Crippen molar-refractivity contribution in [2.45, 2.75) is 32.6 Å². The Labute approximate surface area is 163 Å². The Hall–Kier alpha value is -2.19. The average Bonchev–Trinajstić information content (AvgIpc) is 3.23. The maximum atomic E-state index is 12.4. The van der Waals surface area contributed by atoms with E-state index in [9.17, 15) is 9.59 Å². The van der Waals surface area contributed by atoms with Crippen LogP contribution in [0, 0.1) is 0 Å². The number of nitrogens with zero attached hydrogens (tertiary/aromatic N) is 3. The number of thiazole rings is 1. The number of hydrogen-bond acceptors (Lipinski definition) is 6. The molecular formula is C19H26N4O3S. The Morgan fingerprint density at radius 1 is 1.26 bits per heavy atom. The Morgan fingerprint density at radius 3 is 2.74 bits per heavy atom. The third-order valence-corrected chi connectivity index (χ3v) is 5.25. The molecule has 0 spiro atoms. The predicted molar refractivity (Wildman–Crippen MR) is 105 cm³/mol. The van der Waals surface area contributed by atoms with Crippen LogP contribution in [0.3, 0.4) is 0 Å². The van der Waals surface area contributed by atoms with Crippen LogP contribution >= 0.6 is 11.3 Å². The molecule has 2 aromatic heterocycles. The van der Waals surface area contributed by atoms with E-state index in [1.165, 1.54) is 17.6 Å². The average molecular weight is 391 g/mol. The van der Waals surface area contributed by atoms with E-state index in [1.807, 2.05) is 5.38 Å². The monoisotopic (exact) mass is 390 g/mol. The highest BCUT2D eigenvalue weighted by atomic mass is 32.1. The Balaban J connectivity index is 1.50. The van der Waals surface area contributed by atoms with Crippen molar-refractivity contribution in [2.75, 3.05) is 38.0 Å². The third-order valence-electron chi connectivity index (χ3n) is 4.49. The number of carbonyl (C=O) groups excluding carboxylic acids is 2. The zero-order valence-corrected chi connectivity index (χ0v) is 16.8. The molecular weight excluding hydrogens is 364 g/mol. The van der Waals surface area contributed by atoms with Gasteiger partial charge in [0.2, 0.25) is 5.91 Å². The molecule has 0 saturated carbocycles. The van der Waals surface area contributed by atoms with E-state index in [0.29, 0.717) is 37.1 Å². The summed E-state index contributed by atoms with van der Waals surface area (Å²) in [5.41, 5.74) is 0.943. The van der Waals surface area contributed by atoms with Gasteiger partial charge in [0.15, 0.2) is 10.9 Å². The first-order valence-corrected chi connectivity index (χ1v) is 10.0. The van der Waals surface area contributed by atoms with Crippen LogP contribution in [-0.2, 0) is 10.2 Å². The fraction of sp³-hybridized carbons (Fsp3) is 0.526. The van der Waals surface area contributed by atoms with Crippen LogP contribution < -0.4 is 5.32 Å². The molecule has 146 valence electrons. The molecule has 1 aliphatic rings. The van der Waals surface area contributed by atoms with Crippen molar-refractivity contribution in [2.24, 2.45) is 0 Å². The lowest BCUT2D eigenvalue weighted by molar-refractivity contribution is -0.117. The van der Waals surface area contributed by atoms with Crippen LogP contribution in [0.5, 0.6) is 0 Å². The van der Waals surface area contributed by atoms with Crippen LogP contribution in [0.2, 0.25) is 0 Å². The number of hydrogen-bond donors (Lipinski definition) is 1. The standard InChI is InChI=1S/C19H26N4O3S/c1-19(2,3)15-13-27-18(20-15)21-16(24)12-22-7-5-8-23(10-9-22)17(25)14-6-4-11-26-14/h4,6,11,13H,5,7-10,12H2,1-3H3,(H,20,21,24). The van der Waals surface area contributed by atoms with E-state index in [0.717, 1.165) is 18.7 Å². The minimum atomic E-state index is -0.0937. The topological polar surface area (TPSA) is 78.7 Å². The van der Waals surface area contributed by atoms with E-state index < -0.39 is 0 Å². The first-order valence-electron chi connectivity index (χ1n) is 9.14. The van der Waals surface area contributed by atoms with Gasteiger partial charge in [-0.2, -0.15) is 0 Å². The van der Waals surface area contributed by atoms with Crippen molar-refractivity contribution in [3.8, 4) is 0 Å². The second-order valence-corrected chi connectivity index (χ2v) is 8.59. The SMILES string of the molecule is CC(C)(C)c1csc(NC(=O)CN2CCCN(C(=O)c3ccco3)CC2)n1. The normalized spacial score (nSPS) is 16.2. The van der Waals surface area contributed by atoms with Gasteiger partial charge in [-0.1, -0.05) is 20.8 Å². The van der Waals surface area contributed by atoms with Crippen LogP contribution in [0.4, 0.5) is 5.13 Å². The van der Waals surface area contributed by atoms with Gasteiger partial charge in [-0.3, -0.25) is 14.5 Å². The summed E-state index contributed by atoms with van der Waals surface area (Å²) < 4.78 is 5.20. The molecule has 2 aromatic rings. The second-order valence-electron chi connectivity index (χ2n) is 7.74. The van der Waals surface area contributed by atoms with E-state index in [1.54, 1.807) is 17.0 Å². The summed E-state index contributed by atoms with van der Waals surface area (Å²) >= 11 is 1.45. The highest BCUT2D eigenvalue weighted by Gasteiger charge is 2.23. The Kier molecular flexibility index (Phi) is 5.96. The molecule has 2 amide bonds. The molecule has 1 N–H and O–H groups in total. The highest BCUT2D eigenvalue weighted by molar-refractivity contribution is 7.13. The smallest absolute Gasteiger partial charge is 0.289 e. The zero-order chi connectivity index (χ0) is 19.4. The van der Waals surface area contributed by atoms with Gasteiger partial charge in [0, 0.05) is 37.0 Å². The maximum Gasteiger partial charge on any atom is 0.289 e. The summed E-state index contributed by atoms with van der Waals surface area (Å²) in [6, 6.07) is 3.39. The highest BCUT2D eigenvalue weighted by Crippen LogP contribution is 2.26. The molecule has 1 saturated heterocycles. The number of furan rings is 1. The minimum Gasteiger partial charge on any atom is -0.459 e. The lowest BCUT2D eigenvalue weighted by Crippen LogP contribution is -2.38. The van der Waals surface area contributed by atoms with Crippen LogP contribution in [0.1, 0.15) is 43.4 Å².